The van der Waals surface area contributed by atoms with Crippen LogP contribution in [0.1, 0.15) is 16.1 Å². The molecule has 4 rings (SSSR count). The molecule has 2 aromatic heterocycles. The van der Waals surface area contributed by atoms with E-state index < -0.39 is 11.7 Å². The van der Waals surface area contributed by atoms with Crippen LogP contribution in [0.2, 0.25) is 5.02 Å². The molecule has 168 valence electrons. The minimum absolute atomic E-state index is 0.0630. The van der Waals surface area contributed by atoms with Crippen LogP contribution in [-0.2, 0) is 6.54 Å². The van der Waals surface area contributed by atoms with E-state index in [1.807, 2.05) is 0 Å². The molecular formula is C24H19ClFN3O4. The van der Waals surface area contributed by atoms with E-state index in [1.165, 1.54) is 36.3 Å². The summed E-state index contributed by atoms with van der Waals surface area (Å²) in [6.07, 6.45) is 1.57. The normalized spacial score (nSPS) is 10.7. The predicted octanol–water partition coefficient (Wildman–Crippen LogP) is 5.39. The number of amides is 1. The first-order valence-electron chi connectivity index (χ1n) is 9.86. The molecule has 7 nitrogen and oxygen atoms in total. The van der Waals surface area contributed by atoms with Crippen molar-refractivity contribution in [3.8, 4) is 22.8 Å². The Kier molecular flexibility index (Phi) is 6.55. The van der Waals surface area contributed by atoms with Crippen molar-refractivity contribution < 1.29 is 23.2 Å². The molecule has 1 amide bonds. The Morgan fingerprint density at radius 2 is 1.88 bits per heavy atom. The second-order valence-corrected chi connectivity index (χ2v) is 7.37. The highest BCUT2D eigenvalue weighted by Crippen LogP contribution is 2.33. The van der Waals surface area contributed by atoms with Gasteiger partial charge in [0, 0.05) is 22.8 Å². The van der Waals surface area contributed by atoms with Crippen LogP contribution in [0.4, 0.5) is 10.2 Å². The van der Waals surface area contributed by atoms with E-state index in [9.17, 15) is 9.18 Å². The van der Waals surface area contributed by atoms with Gasteiger partial charge in [-0.3, -0.25) is 9.69 Å². The van der Waals surface area contributed by atoms with Gasteiger partial charge in [-0.15, -0.1) is 0 Å². The number of carbonyl (C=O) groups excluding carboxylic acids is 1. The molecule has 0 aliphatic rings. The molecule has 0 N–H and O–H groups in total. The zero-order chi connectivity index (χ0) is 23.4. The zero-order valence-corrected chi connectivity index (χ0v) is 18.5. The number of pyridine rings is 1. The number of carbonyl (C=O) groups is 1. The van der Waals surface area contributed by atoms with Gasteiger partial charge in [0.15, 0.2) is 23.0 Å². The molecule has 33 heavy (non-hydrogen) atoms. The van der Waals surface area contributed by atoms with Crippen LogP contribution in [0.5, 0.6) is 11.5 Å². The van der Waals surface area contributed by atoms with Gasteiger partial charge in [0.25, 0.3) is 5.91 Å². The summed E-state index contributed by atoms with van der Waals surface area (Å²) in [6, 6.07) is 15.9. The summed E-state index contributed by atoms with van der Waals surface area (Å²) in [5.41, 5.74) is 1.29. The van der Waals surface area contributed by atoms with Gasteiger partial charge in [-0.1, -0.05) is 28.9 Å². The lowest BCUT2D eigenvalue weighted by molar-refractivity contribution is 0.0975. The molecule has 0 bridgehead atoms. The average Bonchev–Trinajstić information content (AvgIpc) is 3.34. The Morgan fingerprint density at radius 1 is 1.06 bits per heavy atom. The second kappa shape index (κ2) is 9.70. The number of halogens is 2. The number of nitrogens with zero attached hydrogens (tertiary/aromatic N) is 3. The first kappa shape index (κ1) is 22.3. The van der Waals surface area contributed by atoms with Gasteiger partial charge in [-0.2, -0.15) is 0 Å². The van der Waals surface area contributed by atoms with Gasteiger partial charge < -0.3 is 14.0 Å². The lowest BCUT2D eigenvalue weighted by Crippen LogP contribution is -2.31. The first-order valence-corrected chi connectivity index (χ1v) is 10.2. The van der Waals surface area contributed by atoms with Gasteiger partial charge >= 0.3 is 0 Å². The molecule has 0 radical (unpaired) electrons. The zero-order valence-electron chi connectivity index (χ0n) is 17.8. The molecule has 0 atom stereocenters. The van der Waals surface area contributed by atoms with Gasteiger partial charge in [0.2, 0.25) is 0 Å². The smallest absolute Gasteiger partial charge is 0.281 e. The molecule has 9 heteroatoms. The maximum absolute atomic E-state index is 13.5. The lowest BCUT2D eigenvalue weighted by Gasteiger charge is -2.21. The number of methoxy groups -OCH3 is 2. The van der Waals surface area contributed by atoms with Gasteiger partial charge in [-0.25, -0.2) is 9.37 Å². The molecule has 2 heterocycles. The van der Waals surface area contributed by atoms with Gasteiger partial charge in [-0.05, 0) is 48.0 Å². The van der Waals surface area contributed by atoms with Gasteiger partial charge in [0.1, 0.15) is 11.6 Å². The van der Waals surface area contributed by atoms with Crippen molar-refractivity contribution in [1.82, 2.24) is 10.1 Å². The first-order chi connectivity index (χ1) is 16.0. The Bertz CT molecular complexity index is 1280. The number of anilines is 1. The molecule has 2 aromatic carbocycles. The van der Waals surface area contributed by atoms with Crippen LogP contribution in [0.3, 0.4) is 0 Å². The Balaban J connectivity index is 1.67. The van der Waals surface area contributed by atoms with Crippen molar-refractivity contribution in [3.05, 3.63) is 89.0 Å². The van der Waals surface area contributed by atoms with Crippen molar-refractivity contribution in [3.63, 3.8) is 0 Å². The largest absolute Gasteiger partial charge is 0.493 e. The van der Waals surface area contributed by atoms with Crippen LogP contribution in [0.25, 0.3) is 11.3 Å². The van der Waals surface area contributed by atoms with Crippen molar-refractivity contribution in [2.24, 2.45) is 0 Å². The van der Waals surface area contributed by atoms with Gasteiger partial charge in [0.05, 0.1) is 20.8 Å². The number of hydrogen-bond acceptors (Lipinski definition) is 6. The fraction of sp³-hybridized carbons (Fsp3) is 0.125. The number of aromatic nitrogens is 2. The summed E-state index contributed by atoms with van der Waals surface area (Å²) >= 11 is 6.19. The number of benzene rings is 2. The molecule has 0 aliphatic carbocycles. The number of ether oxygens (including phenoxy) is 2. The summed E-state index contributed by atoms with van der Waals surface area (Å²) in [6.45, 7) is 0.0630. The van der Waals surface area contributed by atoms with Crippen LogP contribution >= 0.6 is 11.6 Å². The summed E-state index contributed by atoms with van der Waals surface area (Å²) in [5, 5.41) is 4.16. The molecule has 0 aliphatic heterocycles. The Hall–Kier alpha value is -3.91. The van der Waals surface area contributed by atoms with E-state index in [4.69, 9.17) is 25.6 Å². The second-order valence-electron chi connectivity index (χ2n) is 6.96. The molecular weight excluding hydrogens is 449 g/mol. The van der Waals surface area contributed by atoms with E-state index in [2.05, 4.69) is 10.1 Å². The van der Waals surface area contributed by atoms with Crippen molar-refractivity contribution in [2.75, 3.05) is 19.1 Å². The fourth-order valence-electron chi connectivity index (χ4n) is 3.23. The van der Waals surface area contributed by atoms with Crippen molar-refractivity contribution >= 4 is 23.3 Å². The van der Waals surface area contributed by atoms with E-state index in [-0.39, 0.29) is 17.3 Å². The van der Waals surface area contributed by atoms with Crippen LogP contribution < -0.4 is 14.4 Å². The third kappa shape index (κ3) is 4.80. The van der Waals surface area contributed by atoms with Crippen LogP contribution in [0.15, 0.2) is 71.4 Å². The quantitative estimate of drug-likeness (QED) is 0.362. The highest BCUT2D eigenvalue weighted by Gasteiger charge is 2.24. The topological polar surface area (TPSA) is 77.7 Å². The fourth-order valence-corrected chi connectivity index (χ4v) is 3.46. The van der Waals surface area contributed by atoms with Crippen LogP contribution in [-0.4, -0.2) is 30.3 Å². The van der Waals surface area contributed by atoms with Crippen LogP contribution in [0, 0.1) is 5.82 Å². The molecule has 0 unspecified atom stereocenters. The number of rotatable bonds is 7. The molecule has 0 fully saturated rings. The number of hydrogen-bond donors (Lipinski definition) is 0. The molecule has 0 spiro atoms. The summed E-state index contributed by atoms with van der Waals surface area (Å²) in [7, 11) is 3.07. The molecule has 0 saturated carbocycles. The predicted molar refractivity (Wildman–Crippen MR) is 121 cm³/mol. The maximum atomic E-state index is 13.5. The Morgan fingerprint density at radius 3 is 2.58 bits per heavy atom. The summed E-state index contributed by atoms with van der Waals surface area (Å²) in [4.78, 5) is 19.1. The van der Waals surface area contributed by atoms with E-state index in [0.717, 1.165) is 0 Å². The molecule has 0 saturated heterocycles. The lowest BCUT2D eigenvalue weighted by atomic mass is 10.1. The Labute approximate surface area is 194 Å². The third-order valence-corrected chi connectivity index (χ3v) is 5.26. The maximum Gasteiger partial charge on any atom is 0.281 e. The minimum atomic E-state index is -0.462. The third-order valence-electron chi connectivity index (χ3n) is 4.91. The summed E-state index contributed by atoms with van der Waals surface area (Å²) in [5.74, 6) is 0.925. The van der Waals surface area contributed by atoms with E-state index >= 15 is 0 Å². The molecule has 4 aromatic rings. The average molecular weight is 468 g/mol. The minimum Gasteiger partial charge on any atom is -0.493 e. The SMILES string of the molecule is COc1ccc(-c2cc(C(=O)N(Cc3ccc(F)cc3Cl)c3ccccn3)no2)cc1OC. The van der Waals surface area contributed by atoms with Crippen molar-refractivity contribution in [2.45, 2.75) is 6.54 Å². The van der Waals surface area contributed by atoms with E-state index in [1.54, 1.807) is 49.7 Å². The highest BCUT2D eigenvalue weighted by molar-refractivity contribution is 6.31. The monoisotopic (exact) mass is 467 g/mol. The standard InChI is InChI=1S/C24H19ClFN3O4/c1-31-20-9-7-15(11-22(20)32-2)21-13-19(28-33-21)24(30)29(23-5-3-4-10-27-23)14-16-6-8-17(26)12-18(16)25/h3-13H,14H2,1-2H3. The summed E-state index contributed by atoms with van der Waals surface area (Å²) < 4.78 is 29.5. The van der Waals surface area contributed by atoms with E-state index in [0.29, 0.717) is 34.2 Å². The van der Waals surface area contributed by atoms with Crippen molar-refractivity contribution in [1.29, 1.82) is 0 Å². The highest BCUT2D eigenvalue weighted by atomic mass is 35.5.